The third kappa shape index (κ3) is 2.87. The van der Waals surface area contributed by atoms with Crippen molar-refractivity contribution in [2.45, 2.75) is 37.3 Å². The summed E-state index contributed by atoms with van der Waals surface area (Å²) in [6.07, 6.45) is 4.15. The van der Waals surface area contributed by atoms with E-state index < -0.39 is 10.8 Å². The largest absolute Gasteiger partial charge is 0.302 e. The van der Waals surface area contributed by atoms with Crippen LogP contribution in [0.4, 0.5) is 0 Å². The molecular weight excluding hydrogens is 234 g/mol. The number of hydrogen-bond acceptors (Lipinski definition) is 4. The number of nitriles is 1. The molecule has 0 aromatic heterocycles. The minimum absolute atomic E-state index is 0.334. The number of nitrogens with one attached hydrogen (secondary N) is 1. The van der Waals surface area contributed by atoms with Gasteiger partial charge in [-0.2, -0.15) is 5.26 Å². The molecule has 1 aliphatic carbocycles. The summed E-state index contributed by atoms with van der Waals surface area (Å²) >= 11 is 0. The molecule has 17 heavy (non-hydrogen) atoms. The molecule has 5 heteroatoms. The van der Waals surface area contributed by atoms with Crippen molar-refractivity contribution < 1.29 is 4.21 Å². The summed E-state index contributed by atoms with van der Waals surface area (Å²) in [5, 5.41) is 12.5. The number of rotatable bonds is 2. The van der Waals surface area contributed by atoms with E-state index in [1.807, 2.05) is 7.05 Å². The van der Waals surface area contributed by atoms with Crippen molar-refractivity contribution in [3.63, 3.8) is 0 Å². The zero-order valence-corrected chi connectivity index (χ0v) is 11.3. The summed E-state index contributed by atoms with van der Waals surface area (Å²) in [6.45, 7) is 1.87. The van der Waals surface area contributed by atoms with Gasteiger partial charge in [0.2, 0.25) is 0 Å². The Labute approximate surface area is 106 Å². The monoisotopic (exact) mass is 255 g/mol. The van der Waals surface area contributed by atoms with Gasteiger partial charge in [0.15, 0.2) is 0 Å². The summed E-state index contributed by atoms with van der Waals surface area (Å²) in [6, 6.07) is 2.94. The molecule has 0 spiro atoms. The van der Waals surface area contributed by atoms with Crippen molar-refractivity contribution in [3.8, 4) is 6.07 Å². The molecule has 96 valence electrons. The average Bonchev–Trinajstić information content (AvgIpc) is 2.39. The van der Waals surface area contributed by atoms with E-state index in [1.165, 1.54) is 6.42 Å². The van der Waals surface area contributed by atoms with E-state index in [0.717, 1.165) is 43.9 Å². The topological polar surface area (TPSA) is 56.1 Å². The highest BCUT2D eigenvalue weighted by Gasteiger charge is 2.37. The Hall–Kier alpha value is -0.440. The van der Waals surface area contributed by atoms with Crippen molar-refractivity contribution in [3.05, 3.63) is 0 Å². The average molecular weight is 255 g/mol. The lowest BCUT2D eigenvalue weighted by Crippen LogP contribution is -2.53. The highest BCUT2D eigenvalue weighted by atomic mass is 32.2. The van der Waals surface area contributed by atoms with Crippen molar-refractivity contribution in [1.82, 2.24) is 10.2 Å². The minimum Gasteiger partial charge on any atom is -0.302 e. The van der Waals surface area contributed by atoms with Crippen LogP contribution in [0.1, 0.15) is 25.7 Å². The van der Waals surface area contributed by atoms with Gasteiger partial charge in [-0.25, -0.2) is 0 Å². The minimum atomic E-state index is -0.610. The number of hydrogen-bond donors (Lipinski definition) is 1. The lowest BCUT2D eigenvalue weighted by Gasteiger charge is -2.42. The first-order valence-corrected chi connectivity index (χ1v) is 7.87. The fraction of sp³-hybridized carbons (Fsp3) is 0.917. The highest BCUT2D eigenvalue weighted by Crippen LogP contribution is 2.31. The SMILES string of the molecule is CNC1(C#N)CCCC(N2CCS(=O)CC2)C1. The molecular formula is C12H21N3OS. The van der Waals surface area contributed by atoms with Gasteiger partial charge in [0.05, 0.1) is 6.07 Å². The van der Waals surface area contributed by atoms with Crippen molar-refractivity contribution in [1.29, 1.82) is 5.26 Å². The highest BCUT2D eigenvalue weighted by molar-refractivity contribution is 7.85. The third-order valence-electron chi connectivity index (χ3n) is 4.15. The molecule has 2 aliphatic rings. The predicted octanol–water partition coefficient (Wildman–Crippen LogP) is 0.475. The van der Waals surface area contributed by atoms with Gasteiger partial charge in [0, 0.05) is 41.4 Å². The van der Waals surface area contributed by atoms with Crippen LogP contribution in [0.15, 0.2) is 0 Å². The maximum Gasteiger partial charge on any atom is 0.108 e. The second-order valence-corrected chi connectivity index (χ2v) is 6.77. The van der Waals surface area contributed by atoms with Crippen LogP contribution >= 0.6 is 0 Å². The Morgan fingerprint density at radius 1 is 1.47 bits per heavy atom. The molecule has 1 heterocycles. The van der Waals surface area contributed by atoms with E-state index in [0.29, 0.717) is 6.04 Å². The maximum atomic E-state index is 11.4. The fourth-order valence-electron chi connectivity index (χ4n) is 2.96. The van der Waals surface area contributed by atoms with Crippen LogP contribution in [-0.2, 0) is 10.8 Å². The lowest BCUT2D eigenvalue weighted by atomic mass is 9.79. The van der Waals surface area contributed by atoms with E-state index in [9.17, 15) is 9.47 Å². The summed E-state index contributed by atoms with van der Waals surface area (Å²) in [5.74, 6) is 1.60. The molecule has 0 aromatic rings. The van der Waals surface area contributed by atoms with Crippen molar-refractivity contribution in [2.24, 2.45) is 0 Å². The Bertz CT molecular complexity index is 331. The fourth-order valence-corrected chi connectivity index (χ4v) is 4.04. The molecule has 1 aliphatic heterocycles. The van der Waals surface area contributed by atoms with Crippen LogP contribution in [0.3, 0.4) is 0 Å². The molecule has 0 bridgehead atoms. The van der Waals surface area contributed by atoms with Gasteiger partial charge < -0.3 is 5.32 Å². The summed E-state index contributed by atoms with van der Waals surface area (Å²) in [5.41, 5.74) is -0.334. The molecule has 0 amide bonds. The quantitative estimate of drug-likeness (QED) is 0.779. The van der Waals surface area contributed by atoms with Crippen LogP contribution in [0.25, 0.3) is 0 Å². The first kappa shape index (κ1) is 13.0. The lowest BCUT2D eigenvalue weighted by molar-refractivity contribution is 0.132. The van der Waals surface area contributed by atoms with Crippen molar-refractivity contribution in [2.75, 3.05) is 31.6 Å². The zero-order valence-electron chi connectivity index (χ0n) is 10.4. The molecule has 2 unspecified atom stereocenters. The Morgan fingerprint density at radius 2 is 2.18 bits per heavy atom. The summed E-state index contributed by atoms with van der Waals surface area (Å²) in [7, 11) is 1.28. The predicted molar refractivity (Wildman–Crippen MR) is 69.1 cm³/mol. The molecule has 2 atom stereocenters. The number of nitrogens with zero attached hydrogens (tertiary/aromatic N) is 2. The zero-order chi connectivity index (χ0) is 12.3. The molecule has 1 saturated carbocycles. The Kier molecular flexibility index (Phi) is 4.18. The second kappa shape index (κ2) is 5.47. The Balaban J connectivity index is 1.98. The van der Waals surface area contributed by atoms with Gasteiger partial charge in [0.25, 0.3) is 0 Å². The molecule has 0 radical (unpaired) electrons. The van der Waals surface area contributed by atoms with Crippen LogP contribution in [-0.4, -0.2) is 52.3 Å². The van der Waals surface area contributed by atoms with Gasteiger partial charge in [-0.05, 0) is 32.7 Å². The normalized spacial score (nSPS) is 36.6. The van der Waals surface area contributed by atoms with Crippen LogP contribution in [0.5, 0.6) is 0 Å². The maximum absolute atomic E-state index is 11.4. The van der Waals surface area contributed by atoms with E-state index in [2.05, 4.69) is 16.3 Å². The van der Waals surface area contributed by atoms with Gasteiger partial charge in [-0.3, -0.25) is 9.11 Å². The first-order valence-electron chi connectivity index (χ1n) is 6.38. The molecule has 0 aromatic carbocycles. The van der Waals surface area contributed by atoms with E-state index in [-0.39, 0.29) is 5.54 Å². The molecule has 4 nitrogen and oxygen atoms in total. The first-order chi connectivity index (χ1) is 8.19. The van der Waals surface area contributed by atoms with E-state index >= 15 is 0 Å². The summed E-state index contributed by atoms with van der Waals surface area (Å²) < 4.78 is 11.4. The van der Waals surface area contributed by atoms with Crippen LogP contribution < -0.4 is 5.32 Å². The van der Waals surface area contributed by atoms with Crippen molar-refractivity contribution >= 4 is 10.8 Å². The van der Waals surface area contributed by atoms with Crippen LogP contribution in [0.2, 0.25) is 0 Å². The van der Waals surface area contributed by atoms with E-state index in [1.54, 1.807) is 0 Å². The Morgan fingerprint density at radius 3 is 2.76 bits per heavy atom. The molecule has 1 saturated heterocycles. The van der Waals surface area contributed by atoms with E-state index in [4.69, 9.17) is 0 Å². The third-order valence-corrected chi connectivity index (χ3v) is 5.42. The smallest absolute Gasteiger partial charge is 0.108 e. The summed E-state index contributed by atoms with van der Waals surface area (Å²) in [4.78, 5) is 2.43. The second-order valence-electron chi connectivity index (χ2n) is 5.08. The standard InChI is InChI=1S/C12H21N3OS/c1-14-12(10-13)4-2-3-11(9-12)15-5-7-17(16)8-6-15/h11,14H,2-9H2,1H3. The van der Waals surface area contributed by atoms with Gasteiger partial charge in [0.1, 0.15) is 5.54 Å². The van der Waals surface area contributed by atoms with Crippen LogP contribution in [0, 0.1) is 11.3 Å². The molecule has 2 fully saturated rings. The van der Waals surface area contributed by atoms with Gasteiger partial charge in [-0.15, -0.1) is 0 Å². The van der Waals surface area contributed by atoms with Gasteiger partial charge >= 0.3 is 0 Å². The molecule has 2 rings (SSSR count). The molecule has 1 N–H and O–H groups in total. The van der Waals surface area contributed by atoms with Gasteiger partial charge in [-0.1, -0.05) is 0 Å².